The molecule has 1 saturated heterocycles. The Morgan fingerprint density at radius 3 is 2.86 bits per heavy atom. The van der Waals surface area contributed by atoms with Gasteiger partial charge in [-0.05, 0) is 31.0 Å². The van der Waals surface area contributed by atoms with Crippen LogP contribution in [0.3, 0.4) is 0 Å². The highest BCUT2D eigenvalue weighted by Crippen LogP contribution is 2.31. The van der Waals surface area contributed by atoms with E-state index in [0.29, 0.717) is 13.1 Å². The van der Waals surface area contributed by atoms with Gasteiger partial charge in [-0.15, -0.1) is 11.6 Å². The molecule has 0 aromatic heterocycles. The fourth-order valence-corrected chi connectivity index (χ4v) is 2.66. The molecule has 0 spiro atoms. The fourth-order valence-electron chi connectivity index (χ4n) is 2.49. The van der Waals surface area contributed by atoms with Gasteiger partial charge >= 0.3 is 6.18 Å². The Hall–Kier alpha value is -1.43. The predicted octanol–water partition coefficient (Wildman–Crippen LogP) is 3.56. The quantitative estimate of drug-likeness (QED) is 0.787. The Morgan fingerprint density at radius 1 is 1.41 bits per heavy atom. The molecule has 7 heteroatoms. The summed E-state index contributed by atoms with van der Waals surface area (Å²) in [6, 6.07) is 4.82. The van der Waals surface area contributed by atoms with Crippen molar-refractivity contribution in [3.8, 4) is 5.75 Å². The molecule has 0 N–H and O–H groups in total. The van der Waals surface area contributed by atoms with Gasteiger partial charge in [0.05, 0.1) is 12.2 Å². The number of likely N-dealkylation sites (tertiary alicyclic amines) is 1. The van der Waals surface area contributed by atoms with Crippen molar-refractivity contribution in [2.45, 2.75) is 19.0 Å². The number of halogens is 4. The lowest BCUT2D eigenvalue weighted by Crippen LogP contribution is -2.42. The predicted molar refractivity (Wildman–Crippen MR) is 77.0 cm³/mol. The van der Waals surface area contributed by atoms with Crippen LogP contribution in [0, 0.1) is 5.92 Å². The van der Waals surface area contributed by atoms with Crippen LogP contribution in [-0.4, -0.2) is 36.4 Å². The summed E-state index contributed by atoms with van der Waals surface area (Å²) < 4.78 is 43.4. The van der Waals surface area contributed by atoms with Gasteiger partial charge in [-0.1, -0.05) is 6.07 Å². The van der Waals surface area contributed by atoms with E-state index in [1.54, 1.807) is 4.90 Å². The number of alkyl halides is 4. The van der Waals surface area contributed by atoms with E-state index in [9.17, 15) is 18.0 Å². The minimum atomic E-state index is -4.38. The van der Waals surface area contributed by atoms with Crippen LogP contribution in [0.4, 0.5) is 13.2 Å². The fraction of sp³-hybridized carbons (Fsp3) is 0.533. The Labute approximate surface area is 132 Å². The molecule has 0 aliphatic carbocycles. The van der Waals surface area contributed by atoms with Gasteiger partial charge in [0.2, 0.25) is 5.91 Å². The Kier molecular flexibility index (Phi) is 5.56. The summed E-state index contributed by atoms with van der Waals surface area (Å²) >= 11 is 5.54. The van der Waals surface area contributed by atoms with E-state index < -0.39 is 11.7 Å². The zero-order valence-electron chi connectivity index (χ0n) is 11.9. The number of carbonyl (C=O) groups is 1. The van der Waals surface area contributed by atoms with E-state index in [2.05, 4.69) is 0 Å². The van der Waals surface area contributed by atoms with E-state index in [4.69, 9.17) is 16.3 Å². The Balaban J connectivity index is 1.91. The number of hydrogen-bond acceptors (Lipinski definition) is 2. The summed E-state index contributed by atoms with van der Waals surface area (Å²) in [5.74, 6) is 0.123. The van der Waals surface area contributed by atoms with E-state index in [1.807, 2.05) is 0 Å². The van der Waals surface area contributed by atoms with E-state index in [0.717, 1.165) is 25.0 Å². The Bertz CT molecular complexity index is 522. The lowest BCUT2D eigenvalue weighted by atomic mass is 9.99. The van der Waals surface area contributed by atoms with Crippen LogP contribution >= 0.6 is 11.6 Å². The number of amides is 1. The molecule has 1 atom stereocenters. The van der Waals surface area contributed by atoms with Crippen LogP contribution in [0.5, 0.6) is 5.75 Å². The summed E-state index contributed by atoms with van der Waals surface area (Å²) in [6.07, 6.45) is -2.65. The highest BCUT2D eigenvalue weighted by atomic mass is 35.5. The number of benzene rings is 1. The molecule has 2 rings (SSSR count). The molecule has 1 aliphatic rings. The van der Waals surface area contributed by atoms with Gasteiger partial charge in [0.1, 0.15) is 11.6 Å². The molecule has 1 aliphatic heterocycles. The second-order valence-corrected chi connectivity index (χ2v) is 5.59. The molecule has 1 heterocycles. The molecule has 1 aromatic carbocycles. The molecule has 1 unspecified atom stereocenters. The first-order valence-corrected chi connectivity index (χ1v) is 7.57. The molecule has 0 saturated carbocycles. The molecule has 1 amide bonds. The zero-order valence-corrected chi connectivity index (χ0v) is 12.7. The van der Waals surface area contributed by atoms with E-state index >= 15 is 0 Å². The van der Waals surface area contributed by atoms with Crippen LogP contribution in [-0.2, 0) is 11.0 Å². The van der Waals surface area contributed by atoms with Gasteiger partial charge in [0.15, 0.2) is 0 Å². The lowest BCUT2D eigenvalue weighted by molar-refractivity contribution is -0.137. The maximum atomic E-state index is 12.6. The highest BCUT2D eigenvalue weighted by Gasteiger charge is 2.30. The summed E-state index contributed by atoms with van der Waals surface area (Å²) in [5.41, 5.74) is -0.729. The van der Waals surface area contributed by atoms with Gasteiger partial charge in [-0.25, -0.2) is 0 Å². The topological polar surface area (TPSA) is 29.5 Å². The third-order valence-electron chi connectivity index (χ3n) is 3.63. The second kappa shape index (κ2) is 7.22. The van der Waals surface area contributed by atoms with Crippen molar-refractivity contribution in [1.29, 1.82) is 0 Å². The number of carbonyl (C=O) groups excluding carboxylic acids is 1. The third kappa shape index (κ3) is 4.53. The molecule has 3 nitrogen and oxygen atoms in total. The molecule has 122 valence electrons. The zero-order chi connectivity index (χ0) is 16.2. The minimum Gasteiger partial charge on any atom is -0.493 e. The molecule has 0 bridgehead atoms. The van der Waals surface area contributed by atoms with Crippen LogP contribution in [0.25, 0.3) is 0 Å². The van der Waals surface area contributed by atoms with Gasteiger partial charge in [0, 0.05) is 19.0 Å². The van der Waals surface area contributed by atoms with E-state index in [-0.39, 0.29) is 30.1 Å². The molecule has 22 heavy (non-hydrogen) atoms. The smallest absolute Gasteiger partial charge is 0.416 e. The van der Waals surface area contributed by atoms with Crippen molar-refractivity contribution < 1.29 is 22.7 Å². The maximum absolute atomic E-state index is 12.6. The minimum absolute atomic E-state index is 0.0544. The first-order valence-electron chi connectivity index (χ1n) is 7.04. The van der Waals surface area contributed by atoms with Crippen LogP contribution in [0.2, 0.25) is 0 Å². The summed E-state index contributed by atoms with van der Waals surface area (Å²) in [4.78, 5) is 13.2. The summed E-state index contributed by atoms with van der Waals surface area (Å²) in [5, 5.41) is 0. The van der Waals surface area contributed by atoms with Gasteiger partial charge in [-0.2, -0.15) is 13.2 Å². The van der Waals surface area contributed by atoms with Crippen molar-refractivity contribution in [2.75, 3.05) is 25.6 Å². The van der Waals surface area contributed by atoms with Gasteiger partial charge in [0.25, 0.3) is 0 Å². The maximum Gasteiger partial charge on any atom is 0.416 e. The summed E-state index contributed by atoms with van der Waals surface area (Å²) in [7, 11) is 0. The SMILES string of the molecule is O=C(CCl)N1CCCC(COc2cccc(C(F)(F)F)c2)C1. The average molecular weight is 336 g/mol. The van der Waals surface area contributed by atoms with Crippen molar-refractivity contribution >= 4 is 17.5 Å². The van der Waals surface area contributed by atoms with Crippen molar-refractivity contribution in [3.63, 3.8) is 0 Å². The van der Waals surface area contributed by atoms with Crippen LogP contribution in [0.15, 0.2) is 24.3 Å². The first-order chi connectivity index (χ1) is 10.4. The number of ether oxygens (including phenoxy) is 1. The highest BCUT2D eigenvalue weighted by molar-refractivity contribution is 6.27. The molecule has 1 fully saturated rings. The first kappa shape index (κ1) is 16.9. The van der Waals surface area contributed by atoms with Gasteiger partial charge < -0.3 is 9.64 Å². The average Bonchev–Trinajstić information content (AvgIpc) is 2.52. The van der Waals surface area contributed by atoms with Crippen molar-refractivity contribution in [1.82, 2.24) is 4.90 Å². The number of rotatable bonds is 4. The second-order valence-electron chi connectivity index (χ2n) is 5.32. The molecule has 0 radical (unpaired) electrons. The third-order valence-corrected chi connectivity index (χ3v) is 3.86. The summed E-state index contributed by atoms with van der Waals surface area (Å²) in [6.45, 7) is 1.49. The van der Waals surface area contributed by atoms with E-state index in [1.165, 1.54) is 12.1 Å². The molecular weight excluding hydrogens is 319 g/mol. The molecular formula is C15H17ClF3NO2. The monoisotopic (exact) mass is 335 g/mol. The number of hydrogen-bond donors (Lipinski definition) is 0. The Morgan fingerprint density at radius 2 is 2.18 bits per heavy atom. The largest absolute Gasteiger partial charge is 0.493 e. The van der Waals surface area contributed by atoms with Crippen LogP contribution in [0.1, 0.15) is 18.4 Å². The van der Waals surface area contributed by atoms with Crippen molar-refractivity contribution in [2.24, 2.45) is 5.92 Å². The van der Waals surface area contributed by atoms with Gasteiger partial charge in [-0.3, -0.25) is 4.79 Å². The standard InChI is InChI=1S/C15H17ClF3NO2/c16-8-14(21)20-6-2-3-11(9-20)10-22-13-5-1-4-12(7-13)15(17,18)19/h1,4-5,7,11H,2-3,6,8-10H2. The number of piperidine rings is 1. The molecule has 1 aromatic rings. The van der Waals surface area contributed by atoms with Crippen molar-refractivity contribution in [3.05, 3.63) is 29.8 Å². The van der Waals surface area contributed by atoms with Crippen LogP contribution < -0.4 is 4.74 Å². The lowest BCUT2D eigenvalue weighted by Gasteiger charge is -2.32. The number of nitrogens with zero attached hydrogens (tertiary/aromatic N) is 1. The normalized spacial score (nSPS) is 19.1.